The number of nitrogens with zero attached hydrogens (tertiary/aromatic N) is 1. The molecule has 0 aromatic rings. The molecule has 0 N–H and O–H groups in total. The van der Waals surface area contributed by atoms with Gasteiger partial charge < -0.3 is 4.90 Å². The summed E-state index contributed by atoms with van der Waals surface area (Å²) < 4.78 is 0. The van der Waals surface area contributed by atoms with Gasteiger partial charge in [-0.3, -0.25) is 0 Å². The van der Waals surface area contributed by atoms with Crippen LogP contribution in [0.3, 0.4) is 0 Å². The van der Waals surface area contributed by atoms with E-state index in [4.69, 9.17) is 0 Å². The van der Waals surface area contributed by atoms with Crippen LogP contribution >= 0.6 is 0 Å². The second kappa shape index (κ2) is 3.76. The summed E-state index contributed by atoms with van der Waals surface area (Å²) in [4.78, 5) is 2.56. The lowest BCUT2D eigenvalue weighted by atomic mass is 9.75. The zero-order chi connectivity index (χ0) is 11.1. The van der Waals surface area contributed by atoms with Crippen LogP contribution in [0.15, 0.2) is 0 Å². The van der Waals surface area contributed by atoms with Crippen LogP contribution in [0.4, 0.5) is 0 Å². The zero-order valence-corrected chi connectivity index (χ0v) is 11.0. The highest BCUT2D eigenvalue weighted by molar-refractivity contribution is 5.01. The van der Waals surface area contributed by atoms with Gasteiger partial charge in [-0.1, -0.05) is 20.8 Å². The summed E-state index contributed by atoms with van der Waals surface area (Å²) in [5.41, 5.74) is 1.21. The molecule has 15 heavy (non-hydrogen) atoms. The van der Waals surface area contributed by atoms with E-state index in [-0.39, 0.29) is 0 Å². The van der Waals surface area contributed by atoms with Crippen LogP contribution in [0.25, 0.3) is 0 Å². The van der Waals surface area contributed by atoms with E-state index in [9.17, 15) is 0 Å². The Kier molecular flexibility index (Phi) is 2.87. The minimum absolute atomic E-state index is 0.521. The van der Waals surface area contributed by atoms with Crippen LogP contribution in [0.5, 0.6) is 0 Å². The van der Waals surface area contributed by atoms with E-state index >= 15 is 0 Å². The lowest BCUT2D eigenvalue weighted by molar-refractivity contribution is 0.171. The summed E-state index contributed by atoms with van der Waals surface area (Å²) in [5, 5.41) is 0. The molecule has 0 unspecified atom stereocenters. The SMILES string of the molecule is CN(CCC1(C(C)(C)C)CC1)CC1CC1. The van der Waals surface area contributed by atoms with Gasteiger partial charge in [0.2, 0.25) is 0 Å². The number of rotatable bonds is 5. The van der Waals surface area contributed by atoms with Gasteiger partial charge in [0.25, 0.3) is 0 Å². The summed E-state index contributed by atoms with van der Waals surface area (Å²) in [6.07, 6.45) is 7.31. The fourth-order valence-electron chi connectivity index (χ4n) is 2.76. The van der Waals surface area contributed by atoms with Crippen molar-refractivity contribution in [1.82, 2.24) is 4.90 Å². The van der Waals surface area contributed by atoms with Gasteiger partial charge in [-0.2, -0.15) is 0 Å². The third-order valence-electron chi connectivity index (χ3n) is 4.68. The largest absolute Gasteiger partial charge is 0.306 e. The molecule has 88 valence electrons. The predicted molar refractivity (Wildman–Crippen MR) is 66.0 cm³/mol. The van der Waals surface area contributed by atoms with Crippen molar-refractivity contribution in [3.63, 3.8) is 0 Å². The summed E-state index contributed by atoms with van der Waals surface area (Å²) in [5.74, 6) is 1.04. The molecule has 2 fully saturated rings. The molecule has 2 aliphatic rings. The molecule has 2 aliphatic carbocycles. The smallest absolute Gasteiger partial charge is 0.000661 e. The molecule has 0 heterocycles. The van der Waals surface area contributed by atoms with Crippen molar-refractivity contribution in [2.75, 3.05) is 20.1 Å². The number of hydrogen-bond donors (Lipinski definition) is 0. The van der Waals surface area contributed by atoms with Crippen LogP contribution in [0.2, 0.25) is 0 Å². The molecule has 0 aromatic carbocycles. The van der Waals surface area contributed by atoms with Crippen LogP contribution in [-0.4, -0.2) is 25.0 Å². The highest BCUT2D eigenvalue weighted by atomic mass is 15.1. The Bertz CT molecular complexity index is 218. The molecule has 2 saturated carbocycles. The van der Waals surface area contributed by atoms with Crippen LogP contribution in [0, 0.1) is 16.7 Å². The summed E-state index contributed by atoms with van der Waals surface area (Å²) in [6, 6.07) is 0. The molecule has 0 amide bonds. The van der Waals surface area contributed by atoms with E-state index < -0.39 is 0 Å². The number of hydrogen-bond acceptors (Lipinski definition) is 1. The average Bonchev–Trinajstić information content (AvgIpc) is 2.95. The highest BCUT2D eigenvalue weighted by Gasteiger charge is 2.50. The topological polar surface area (TPSA) is 3.24 Å². The molecular formula is C14H27N. The van der Waals surface area contributed by atoms with Crippen molar-refractivity contribution in [3.8, 4) is 0 Å². The highest BCUT2D eigenvalue weighted by Crippen LogP contribution is 2.60. The van der Waals surface area contributed by atoms with Crippen molar-refractivity contribution in [2.45, 2.75) is 52.9 Å². The van der Waals surface area contributed by atoms with E-state index in [1.807, 2.05) is 0 Å². The third-order valence-corrected chi connectivity index (χ3v) is 4.68. The first kappa shape index (κ1) is 11.4. The van der Waals surface area contributed by atoms with Gasteiger partial charge in [0.15, 0.2) is 0 Å². The average molecular weight is 209 g/mol. The maximum Gasteiger partial charge on any atom is 0.000661 e. The molecule has 0 spiro atoms. The fourth-order valence-corrected chi connectivity index (χ4v) is 2.76. The van der Waals surface area contributed by atoms with E-state index in [0.717, 1.165) is 5.92 Å². The van der Waals surface area contributed by atoms with Crippen molar-refractivity contribution >= 4 is 0 Å². The van der Waals surface area contributed by atoms with E-state index in [0.29, 0.717) is 10.8 Å². The standard InChI is InChI=1S/C14H27N/c1-13(2,3)14(7-8-14)9-10-15(4)11-12-5-6-12/h12H,5-11H2,1-4H3. The molecule has 0 saturated heterocycles. The maximum atomic E-state index is 2.56. The molecule has 0 radical (unpaired) electrons. The Morgan fingerprint density at radius 1 is 1.20 bits per heavy atom. The van der Waals surface area contributed by atoms with Crippen molar-refractivity contribution in [1.29, 1.82) is 0 Å². The lowest BCUT2D eigenvalue weighted by Crippen LogP contribution is -2.29. The summed E-state index contributed by atoms with van der Waals surface area (Å²) >= 11 is 0. The Morgan fingerprint density at radius 2 is 1.80 bits per heavy atom. The molecule has 0 aromatic heterocycles. The van der Waals surface area contributed by atoms with Crippen LogP contribution in [0.1, 0.15) is 52.9 Å². The van der Waals surface area contributed by atoms with Gasteiger partial charge in [-0.15, -0.1) is 0 Å². The first-order valence-corrected chi connectivity index (χ1v) is 6.62. The predicted octanol–water partition coefficient (Wildman–Crippen LogP) is 3.54. The Labute approximate surface area is 95.2 Å². The molecule has 1 nitrogen and oxygen atoms in total. The van der Waals surface area contributed by atoms with Gasteiger partial charge in [0.1, 0.15) is 0 Å². The van der Waals surface area contributed by atoms with E-state index in [2.05, 4.69) is 32.7 Å². The Morgan fingerprint density at radius 3 is 2.20 bits per heavy atom. The summed E-state index contributed by atoms with van der Waals surface area (Å²) in [7, 11) is 2.30. The molecule has 0 atom stereocenters. The van der Waals surface area contributed by atoms with Crippen LogP contribution < -0.4 is 0 Å². The molecular weight excluding hydrogens is 182 g/mol. The van der Waals surface area contributed by atoms with Crippen molar-refractivity contribution in [2.24, 2.45) is 16.7 Å². The second-order valence-corrected chi connectivity index (χ2v) is 6.99. The maximum absolute atomic E-state index is 2.56. The minimum atomic E-state index is 0.521. The first-order chi connectivity index (χ1) is 6.93. The van der Waals surface area contributed by atoms with Gasteiger partial charge in [-0.25, -0.2) is 0 Å². The van der Waals surface area contributed by atoms with Gasteiger partial charge in [0, 0.05) is 6.54 Å². The third kappa shape index (κ3) is 2.75. The molecule has 1 heteroatoms. The summed E-state index contributed by atoms with van der Waals surface area (Å²) in [6.45, 7) is 9.91. The normalized spacial score (nSPS) is 24.6. The monoisotopic (exact) mass is 209 g/mol. The van der Waals surface area contributed by atoms with Crippen LogP contribution in [-0.2, 0) is 0 Å². The molecule has 0 bridgehead atoms. The first-order valence-electron chi connectivity index (χ1n) is 6.62. The van der Waals surface area contributed by atoms with Gasteiger partial charge in [0.05, 0.1) is 0 Å². The van der Waals surface area contributed by atoms with Crippen molar-refractivity contribution < 1.29 is 0 Å². The molecule has 2 rings (SSSR count). The lowest BCUT2D eigenvalue weighted by Gasteiger charge is -2.32. The zero-order valence-electron chi connectivity index (χ0n) is 11.0. The van der Waals surface area contributed by atoms with Crippen molar-refractivity contribution in [3.05, 3.63) is 0 Å². The quantitative estimate of drug-likeness (QED) is 0.669. The molecule has 0 aliphatic heterocycles. The minimum Gasteiger partial charge on any atom is -0.306 e. The van der Waals surface area contributed by atoms with Gasteiger partial charge >= 0.3 is 0 Å². The Hall–Kier alpha value is -0.0400. The van der Waals surface area contributed by atoms with E-state index in [1.54, 1.807) is 0 Å². The fraction of sp³-hybridized carbons (Fsp3) is 1.00. The Balaban J connectivity index is 1.72. The van der Waals surface area contributed by atoms with E-state index in [1.165, 1.54) is 45.2 Å². The second-order valence-electron chi connectivity index (χ2n) is 6.99. The van der Waals surface area contributed by atoms with Gasteiger partial charge in [-0.05, 0) is 62.4 Å².